The summed E-state index contributed by atoms with van der Waals surface area (Å²) in [7, 11) is 1.71. The number of rotatable bonds is 5. The molecule has 2 fully saturated rings. The Bertz CT molecular complexity index is 543. The minimum absolute atomic E-state index is 0.0391. The maximum absolute atomic E-state index is 12.4. The first-order chi connectivity index (χ1) is 12.2. The number of anilines is 1. The lowest BCUT2D eigenvalue weighted by Gasteiger charge is -2.31. The van der Waals surface area contributed by atoms with E-state index in [0.29, 0.717) is 6.54 Å². The molecule has 2 aliphatic rings. The third-order valence-electron chi connectivity index (χ3n) is 5.02. The number of benzene rings is 1. The van der Waals surface area contributed by atoms with Gasteiger partial charge in [0, 0.05) is 45.5 Å². The molecule has 2 heterocycles. The first kappa shape index (κ1) is 18.2. The Balaban J connectivity index is 1.46. The van der Waals surface area contributed by atoms with Crippen molar-refractivity contribution < 1.29 is 14.3 Å². The zero-order valence-corrected chi connectivity index (χ0v) is 15.1. The lowest BCUT2D eigenvalue weighted by atomic mass is 10.1. The number of carbonyl (C=O) groups excluding carboxylic acids is 1. The van der Waals surface area contributed by atoms with Gasteiger partial charge in [0.2, 0.25) is 0 Å². The molecular formula is C19H29N3O3. The molecule has 6 heteroatoms. The third kappa shape index (κ3) is 5.42. The van der Waals surface area contributed by atoms with Gasteiger partial charge in [-0.15, -0.1) is 0 Å². The molecule has 0 aliphatic carbocycles. The molecule has 138 valence electrons. The number of piperidine rings is 1. The zero-order chi connectivity index (χ0) is 17.5. The van der Waals surface area contributed by atoms with Gasteiger partial charge >= 0.3 is 6.03 Å². The van der Waals surface area contributed by atoms with E-state index in [2.05, 4.69) is 22.3 Å². The van der Waals surface area contributed by atoms with E-state index in [0.717, 1.165) is 64.3 Å². The van der Waals surface area contributed by atoms with E-state index in [-0.39, 0.29) is 12.1 Å². The number of morpholine rings is 1. The number of hydrogen-bond acceptors (Lipinski definition) is 4. The Morgan fingerprint density at radius 1 is 1.24 bits per heavy atom. The number of urea groups is 1. The summed E-state index contributed by atoms with van der Waals surface area (Å²) in [6.45, 7) is 6.24. The van der Waals surface area contributed by atoms with Gasteiger partial charge in [-0.1, -0.05) is 12.1 Å². The number of ether oxygens (including phenoxy) is 2. The highest BCUT2D eigenvalue weighted by Crippen LogP contribution is 2.16. The number of nitrogens with one attached hydrogen (secondary N) is 1. The van der Waals surface area contributed by atoms with E-state index in [1.807, 2.05) is 17.0 Å². The minimum atomic E-state index is -0.0391. The molecule has 1 aromatic rings. The van der Waals surface area contributed by atoms with Crippen molar-refractivity contribution >= 4 is 11.7 Å². The van der Waals surface area contributed by atoms with E-state index in [1.54, 1.807) is 7.11 Å². The van der Waals surface area contributed by atoms with Gasteiger partial charge in [-0.05, 0) is 37.0 Å². The van der Waals surface area contributed by atoms with Gasteiger partial charge in [0.15, 0.2) is 0 Å². The number of amides is 2. The van der Waals surface area contributed by atoms with Crippen molar-refractivity contribution in [3.05, 3.63) is 29.8 Å². The second-order valence-electron chi connectivity index (χ2n) is 6.78. The van der Waals surface area contributed by atoms with Gasteiger partial charge in [0.05, 0.1) is 19.3 Å². The smallest absolute Gasteiger partial charge is 0.321 e. The summed E-state index contributed by atoms with van der Waals surface area (Å²) in [6.07, 6.45) is 3.20. The van der Waals surface area contributed by atoms with Crippen molar-refractivity contribution in [3.8, 4) is 0 Å². The summed E-state index contributed by atoms with van der Waals surface area (Å²) in [5.74, 6) is 0. The molecule has 25 heavy (non-hydrogen) atoms. The number of nitrogens with zero attached hydrogens (tertiary/aromatic N) is 2. The molecule has 1 atom stereocenters. The third-order valence-corrected chi connectivity index (χ3v) is 5.02. The predicted octanol–water partition coefficient (Wildman–Crippen LogP) is 2.20. The Kier molecular flexibility index (Phi) is 6.67. The maximum Gasteiger partial charge on any atom is 0.321 e. The van der Waals surface area contributed by atoms with Crippen molar-refractivity contribution in [1.82, 2.24) is 9.80 Å². The van der Waals surface area contributed by atoms with Gasteiger partial charge < -0.3 is 19.7 Å². The SMILES string of the molecule is CO[C@@H]1CCCN(C(=O)Nc2ccc(CCN3CCOCC3)cc2)C1. The van der Waals surface area contributed by atoms with Crippen LogP contribution < -0.4 is 5.32 Å². The molecule has 3 rings (SSSR count). The first-order valence-corrected chi connectivity index (χ1v) is 9.22. The molecule has 2 saturated heterocycles. The van der Waals surface area contributed by atoms with Gasteiger partial charge in [0.1, 0.15) is 0 Å². The Labute approximate surface area is 150 Å². The van der Waals surface area contributed by atoms with Crippen LogP contribution in [0.3, 0.4) is 0 Å². The van der Waals surface area contributed by atoms with Crippen LogP contribution in [0.5, 0.6) is 0 Å². The van der Waals surface area contributed by atoms with E-state index >= 15 is 0 Å². The van der Waals surface area contributed by atoms with Crippen molar-refractivity contribution in [3.63, 3.8) is 0 Å². The Morgan fingerprint density at radius 2 is 2.00 bits per heavy atom. The topological polar surface area (TPSA) is 54.0 Å². The summed E-state index contributed by atoms with van der Waals surface area (Å²) in [6, 6.07) is 8.14. The van der Waals surface area contributed by atoms with Crippen LogP contribution in [0.2, 0.25) is 0 Å². The molecule has 1 aromatic carbocycles. The summed E-state index contributed by atoms with van der Waals surface area (Å²) in [5, 5.41) is 2.99. The van der Waals surface area contributed by atoms with E-state index in [9.17, 15) is 4.79 Å². The number of likely N-dealkylation sites (tertiary alicyclic amines) is 1. The van der Waals surface area contributed by atoms with Gasteiger partial charge in [-0.2, -0.15) is 0 Å². The van der Waals surface area contributed by atoms with Crippen molar-refractivity contribution in [2.45, 2.75) is 25.4 Å². The monoisotopic (exact) mass is 347 g/mol. The molecule has 0 radical (unpaired) electrons. The van der Waals surface area contributed by atoms with Crippen LogP contribution >= 0.6 is 0 Å². The molecule has 1 N–H and O–H groups in total. The van der Waals surface area contributed by atoms with Crippen LogP contribution in [-0.4, -0.2) is 75.0 Å². The summed E-state index contributed by atoms with van der Waals surface area (Å²) in [4.78, 5) is 16.7. The van der Waals surface area contributed by atoms with Crippen LogP contribution in [0, 0.1) is 0 Å². The van der Waals surface area contributed by atoms with Crippen LogP contribution in [0.4, 0.5) is 10.5 Å². The van der Waals surface area contributed by atoms with Gasteiger partial charge in [0.25, 0.3) is 0 Å². The fourth-order valence-corrected chi connectivity index (χ4v) is 3.38. The normalized spacial score (nSPS) is 22.0. The standard InChI is InChI=1S/C19H29N3O3/c1-24-18-3-2-9-22(15-18)19(23)20-17-6-4-16(5-7-17)8-10-21-11-13-25-14-12-21/h4-7,18H,2-3,8-15H2,1H3,(H,20,23)/t18-/m1/s1. The first-order valence-electron chi connectivity index (χ1n) is 9.22. The molecule has 0 saturated carbocycles. The summed E-state index contributed by atoms with van der Waals surface area (Å²) < 4.78 is 10.8. The van der Waals surface area contributed by atoms with Crippen LogP contribution in [0.1, 0.15) is 18.4 Å². The van der Waals surface area contributed by atoms with Gasteiger partial charge in [-0.25, -0.2) is 4.79 Å². The van der Waals surface area contributed by atoms with Crippen LogP contribution in [-0.2, 0) is 15.9 Å². The molecular weight excluding hydrogens is 318 g/mol. The van der Waals surface area contributed by atoms with Gasteiger partial charge in [-0.3, -0.25) is 4.90 Å². The second kappa shape index (κ2) is 9.17. The number of methoxy groups -OCH3 is 1. The maximum atomic E-state index is 12.4. The van der Waals surface area contributed by atoms with E-state index in [4.69, 9.17) is 9.47 Å². The lowest BCUT2D eigenvalue weighted by molar-refractivity contribution is 0.0384. The fourth-order valence-electron chi connectivity index (χ4n) is 3.38. The minimum Gasteiger partial charge on any atom is -0.380 e. The molecule has 0 unspecified atom stereocenters. The Morgan fingerprint density at radius 3 is 2.72 bits per heavy atom. The molecule has 0 aromatic heterocycles. The summed E-state index contributed by atoms with van der Waals surface area (Å²) in [5.41, 5.74) is 2.14. The average molecular weight is 347 g/mol. The van der Waals surface area contributed by atoms with E-state index < -0.39 is 0 Å². The number of carbonyl (C=O) groups is 1. The fraction of sp³-hybridized carbons (Fsp3) is 0.632. The second-order valence-corrected chi connectivity index (χ2v) is 6.78. The Hall–Kier alpha value is -1.63. The van der Waals surface area contributed by atoms with Crippen LogP contribution in [0.15, 0.2) is 24.3 Å². The zero-order valence-electron chi connectivity index (χ0n) is 15.1. The molecule has 2 amide bonds. The van der Waals surface area contributed by atoms with E-state index in [1.165, 1.54) is 5.56 Å². The number of hydrogen-bond donors (Lipinski definition) is 1. The van der Waals surface area contributed by atoms with Crippen LogP contribution in [0.25, 0.3) is 0 Å². The molecule has 0 spiro atoms. The summed E-state index contributed by atoms with van der Waals surface area (Å²) >= 11 is 0. The predicted molar refractivity (Wildman–Crippen MR) is 98.0 cm³/mol. The molecule has 6 nitrogen and oxygen atoms in total. The average Bonchev–Trinajstić information content (AvgIpc) is 2.68. The lowest BCUT2D eigenvalue weighted by Crippen LogP contribution is -2.44. The largest absolute Gasteiger partial charge is 0.380 e. The molecule has 2 aliphatic heterocycles. The highest BCUT2D eigenvalue weighted by molar-refractivity contribution is 5.89. The highest BCUT2D eigenvalue weighted by atomic mass is 16.5. The molecule has 0 bridgehead atoms. The highest BCUT2D eigenvalue weighted by Gasteiger charge is 2.23. The van der Waals surface area contributed by atoms with Crippen molar-refractivity contribution in [1.29, 1.82) is 0 Å². The van der Waals surface area contributed by atoms with Crippen molar-refractivity contribution in [2.75, 3.05) is 58.4 Å². The quantitative estimate of drug-likeness (QED) is 0.887. The van der Waals surface area contributed by atoms with Crippen molar-refractivity contribution in [2.24, 2.45) is 0 Å².